The van der Waals surface area contributed by atoms with E-state index < -0.39 is 32.5 Å². The van der Waals surface area contributed by atoms with E-state index in [9.17, 15) is 19.0 Å². The van der Waals surface area contributed by atoms with Gasteiger partial charge in [-0.2, -0.15) is 0 Å². The quantitative estimate of drug-likeness (QED) is 0.0211. The van der Waals surface area contributed by atoms with Crippen LogP contribution < -0.4 is 0 Å². The topological polar surface area (TPSA) is 108 Å². The summed E-state index contributed by atoms with van der Waals surface area (Å²) in [6.45, 7) is 4.15. The number of nitrogens with zero attached hydrogens (tertiary/aromatic N) is 1. The highest BCUT2D eigenvalue weighted by Gasteiger charge is 2.27. The molecule has 0 bridgehead atoms. The normalized spacial score (nSPS) is 14.4. The number of carbonyl (C=O) groups excluding carboxylic acids is 2. The second kappa shape index (κ2) is 60.9. The molecule has 9 nitrogen and oxygen atoms in total. The fourth-order valence-electron chi connectivity index (χ4n) is 7.92. The maximum Gasteiger partial charge on any atom is 0.472 e. The average Bonchev–Trinajstić information content (AvgIpc) is 3.46. The summed E-state index contributed by atoms with van der Waals surface area (Å²) in [5.41, 5.74) is 0. The molecule has 0 aliphatic carbocycles. The van der Waals surface area contributed by atoms with E-state index in [4.69, 9.17) is 18.5 Å². The molecule has 0 radical (unpaired) electrons. The first-order chi connectivity index (χ1) is 40.0. The molecule has 2 unspecified atom stereocenters. The number of ether oxygens (including phenoxy) is 2. The smallest absolute Gasteiger partial charge is 0.462 e. The van der Waals surface area contributed by atoms with Crippen LogP contribution in [0.25, 0.3) is 0 Å². The molecule has 462 valence electrons. The second-order valence-corrected chi connectivity index (χ2v) is 23.1. The average molecular weight is 1160 g/mol. The van der Waals surface area contributed by atoms with Gasteiger partial charge in [-0.1, -0.05) is 248 Å². The standard InChI is InChI=1S/C72H116NO8P/c1-6-8-10-12-14-16-18-20-22-24-26-28-29-30-31-32-33-34-35-36-37-38-39-40-41-42-43-45-47-49-51-53-55-57-59-61-63-65-72(75)81-70(69-80-82(76,77)79-67-66-73(3,4)5)68-78-71(74)64-62-60-58-56-54-52-50-48-46-44-27-25-23-21-19-17-15-13-11-9-7-2/h8-11,14-17,20-23,26-28,30-31,33-34,36-37,39-40,42-44,48,50,70H,6-7,12-13,18-19,24-25,29,32,35,38,41,45-47,49,51-69H2,1-5H3/p+1/b10-8-,11-9-,16-14-,17-15-,22-20-,23-21-,28-26-,31-30-,34-33-,37-36-,40-39-,43-42-,44-27-,50-48-. The van der Waals surface area contributed by atoms with Crippen molar-refractivity contribution in [3.63, 3.8) is 0 Å². The largest absolute Gasteiger partial charge is 0.472 e. The van der Waals surface area contributed by atoms with E-state index in [-0.39, 0.29) is 26.1 Å². The van der Waals surface area contributed by atoms with E-state index >= 15 is 0 Å². The fraction of sp³-hybridized carbons (Fsp3) is 0.583. The zero-order valence-corrected chi connectivity index (χ0v) is 53.3. The number of rotatable bonds is 56. The number of esters is 2. The van der Waals surface area contributed by atoms with Gasteiger partial charge in [0.15, 0.2) is 6.10 Å². The van der Waals surface area contributed by atoms with Crippen LogP contribution in [0.2, 0.25) is 0 Å². The van der Waals surface area contributed by atoms with Crippen LogP contribution in [-0.2, 0) is 32.7 Å². The molecule has 0 fully saturated rings. The predicted molar refractivity (Wildman–Crippen MR) is 353 cm³/mol. The minimum atomic E-state index is -4.41. The summed E-state index contributed by atoms with van der Waals surface area (Å²) >= 11 is 0. The Kier molecular flexibility index (Phi) is 57.5. The summed E-state index contributed by atoms with van der Waals surface area (Å²) in [5, 5.41) is 0. The van der Waals surface area contributed by atoms with Gasteiger partial charge >= 0.3 is 19.8 Å². The third kappa shape index (κ3) is 64.5. The zero-order chi connectivity index (χ0) is 59.8. The van der Waals surface area contributed by atoms with Gasteiger partial charge in [-0.3, -0.25) is 18.6 Å². The van der Waals surface area contributed by atoms with Gasteiger partial charge in [-0.25, -0.2) is 4.57 Å². The van der Waals surface area contributed by atoms with Gasteiger partial charge in [0, 0.05) is 12.8 Å². The number of phosphoric ester groups is 1. The number of carbonyl (C=O) groups is 2. The summed E-state index contributed by atoms with van der Waals surface area (Å²) in [6, 6.07) is 0. The van der Waals surface area contributed by atoms with E-state index in [1.807, 2.05) is 21.1 Å². The molecular weight excluding hydrogens is 1040 g/mol. The summed E-state index contributed by atoms with van der Waals surface area (Å²) in [7, 11) is 1.44. The van der Waals surface area contributed by atoms with Gasteiger partial charge in [0.1, 0.15) is 19.8 Å². The Bertz CT molecular complexity index is 1990. The predicted octanol–water partition coefficient (Wildman–Crippen LogP) is 20.6. The molecule has 0 aliphatic heterocycles. The number of unbranched alkanes of at least 4 members (excludes halogenated alkanes) is 14. The highest BCUT2D eigenvalue weighted by molar-refractivity contribution is 7.47. The molecule has 0 spiro atoms. The molecule has 0 heterocycles. The number of quaternary nitrogens is 1. The van der Waals surface area contributed by atoms with Crippen molar-refractivity contribution in [2.24, 2.45) is 0 Å². The first-order valence-electron chi connectivity index (χ1n) is 31.9. The number of phosphoric acid groups is 1. The van der Waals surface area contributed by atoms with Gasteiger partial charge in [0.05, 0.1) is 27.7 Å². The Balaban J connectivity index is 4.19. The Hall–Kier alpha value is -4.63. The lowest BCUT2D eigenvalue weighted by Gasteiger charge is -2.24. The van der Waals surface area contributed by atoms with Crippen LogP contribution >= 0.6 is 7.82 Å². The van der Waals surface area contributed by atoms with Crippen molar-refractivity contribution >= 4 is 19.8 Å². The summed E-state index contributed by atoms with van der Waals surface area (Å²) in [6.07, 6.45) is 92.9. The van der Waals surface area contributed by atoms with E-state index in [2.05, 4.69) is 184 Å². The maximum absolute atomic E-state index is 12.9. The van der Waals surface area contributed by atoms with Crippen molar-refractivity contribution < 1.29 is 42.1 Å². The second-order valence-electron chi connectivity index (χ2n) is 21.7. The van der Waals surface area contributed by atoms with Gasteiger partial charge in [0.25, 0.3) is 0 Å². The van der Waals surface area contributed by atoms with Crippen LogP contribution in [0.3, 0.4) is 0 Å². The molecule has 0 aromatic heterocycles. The SMILES string of the molecule is CC/C=C\C/C=C\C/C=C\C/C=C\C/C=C\C/C=C\C/C=C\C/C=C\C/C=C\CCCCCCCCCCCC(=O)OC(COC(=O)CCCCCCC/C=C\C/C=C\C/C=C\C/C=C\C/C=C\CC)COP(=O)(O)OCC[N+](C)(C)C. The van der Waals surface area contributed by atoms with Crippen molar-refractivity contribution in [2.45, 2.75) is 225 Å². The molecule has 0 rings (SSSR count). The number of likely N-dealkylation sites (N-methyl/N-ethyl adjacent to an activating group) is 1. The van der Waals surface area contributed by atoms with Crippen LogP contribution in [-0.4, -0.2) is 74.9 Å². The Morgan fingerprint density at radius 3 is 0.976 bits per heavy atom. The van der Waals surface area contributed by atoms with Crippen molar-refractivity contribution in [1.82, 2.24) is 0 Å². The summed E-state index contributed by atoms with van der Waals surface area (Å²) < 4.78 is 34.6. The lowest BCUT2D eigenvalue weighted by molar-refractivity contribution is -0.870. The van der Waals surface area contributed by atoms with E-state index in [1.165, 1.54) is 32.1 Å². The molecule has 0 aliphatic rings. The third-order valence-corrected chi connectivity index (χ3v) is 13.7. The maximum atomic E-state index is 12.9. The summed E-state index contributed by atoms with van der Waals surface area (Å²) in [4.78, 5) is 35.8. The number of allylic oxidation sites excluding steroid dienone is 28. The molecule has 10 heteroatoms. The summed E-state index contributed by atoms with van der Waals surface area (Å²) in [5.74, 6) is -0.839. The Labute approximate surface area is 502 Å². The van der Waals surface area contributed by atoms with Gasteiger partial charge in [0.2, 0.25) is 0 Å². The first kappa shape index (κ1) is 77.4. The molecule has 0 aromatic rings. The lowest BCUT2D eigenvalue weighted by Crippen LogP contribution is -2.37. The minimum absolute atomic E-state index is 0.0174. The molecule has 0 saturated heterocycles. The van der Waals surface area contributed by atoms with Crippen molar-refractivity contribution in [1.29, 1.82) is 0 Å². The Morgan fingerprint density at radius 2 is 0.659 bits per heavy atom. The molecule has 0 aromatic carbocycles. The first-order valence-corrected chi connectivity index (χ1v) is 33.4. The van der Waals surface area contributed by atoms with E-state index in [1.54, 1.807) is 0 Å². The fourth-order valence-corrected chi connectivity index (χ4v) is 8.66. The van der Waals surface area contributed by atoms with Crippen molar-refractivity contribution in [2.75, 3.05) is 47.5 Å². The molecule has 82 heavy (non-hydrogen) atoms. The number of hydrogen-bond acceptors (Lipinski definition) is 7. The molecule has 0 saturated carbocycles. The highest BCUT2D eigenvalue weighted by atomic mass is 31.2. The molecule has 2 atom stereocenters. The Morgan fingerprint density at radius 1 is 0.378 bits per heavy atom. The van der Waals surface area contributed by atoms with Crippen LogP contribution in [0.1, 0.15) is 219 Å². The van der Waals surface area contributed by atoms with Crippen molar-refractivity contribution in [3.8, 4) is 0 Å². The minimum Gasteiger partial charge on any atom is -0.462 e. The lowest BCUT2D eigenvalue weighted by atomic mass is 10.1. The van der Waals surface area contributed by atoms with Crippen LogP contribution in [0.5, 0.6) is 0 Å². The van der Waals surface area contributed by atoms with Gasteiger partial charge < -0.3 is 18.9 Å². The number of hydrogen-bond donors (Lipinski definition) is 1. The van der Waals surface area contributed by atoms with Crippen molar-refractivity contribution in [3.05, 3.63) is 170 Å². The zero-order valence-electron chi connectivity index (χ0n) is 52.4. The third-order valence-electron chi connectivity index (χ3n) is 12.7. The molecule has 0 amide bonds. The highest BCUT2D eigenvalue weighted by Crippen LogP contribution is 2.43. The van der Waals surface area contributed by atoms with Gasteiger partial charge in [-0.05, 0) is 128 Å². The molecular formula is C72H117NO8P+. The molecule has 1 N–H and O–H groups in total. The van der Waals surface area contributed by atoms with E-state index in [0.717, 1.165) is 148 Å². The van der Waals surface area contributed by atoms with E-state index in [0.29, 0.717) is 23.9 Å². The van der Waals surface area contributed by atoms with Crippen LogP contribution in [0.4, 0.5) is 0 Å². The van der Waals surface area contributed by atoms with Gasteiger partial charge in [-0.15, -0.1) is 0 Å². The van der Waals surface area contributed by atoms with Crippen LogP contribution in [0.15, 0.2) is 170 Å². The van der Waals surface area contributed by atoms with Crippen LogP contribution in [0, 0.1) is 0 Å². The monoisotopic (exact) mass is 1150 g/mol.